The van der Waals surface area contributed by atoms with Crippen molar-refractivity contribution in [2.24, 2.45) is 5.73 Å². The van der Waals surface area contributed by atoms with Gasteiger partial charge in [-0.1, -0.05) is 6.92 Å². The first kappa shape index (κ1) is 13.2. The molecule has 0 aliphatic heterocycles. The number of nitrogens with zero attached hydrogens (tertiary/aromatic N) is 3. The van der Waals surface area contributed by atoms with Crippen molar-refractivity contribution < 1.29 is 0 Å². The van der Waals surface area contributed by atoms with Crippen LogP contribution in [0, 0.1) is 6.92 Å². The predicted octanol–water partition coefficient (Wildman–Crippen LogP) is 1.38. The molecule has 0 saturated carbocycles. The van der Waals surface area contributed by atoms with Gasteiger partial charge < -0.3 is 10.6 Å². The first-order valence-corrected chi connectivity index (χ1v) is 6.09. The van der Waals surface area contributed by atoms with Crippen LogP contribution < -0.4 is 5.73 Å². The molecule has 1 aromatic heterocycles. The molecule has 1 rings (SSSR count). The molecule has 0 spiro atoms. The van der Waals surface area contributed by atoms with Gasteiger partial charge in [0.25, 0.3) is 0 Å². The van der Waals surface area contributed by atoms with Crippen molar-refractivity contribution in [2.45, 2.75) is 39.8 Å². The molecular weight excluding hydrogens is 200 g/mol. The highest BCUT2D eigenvalue weighted by Crippen LogP contribution is 2.07. The Morgan fingerprint density at radius 2 is 2.25 bits per heavy atom. The summed E-state index contributed by atoms with van der Waals surface area (Å²) >= 11 is 0. The van der Waals surface area contributed by atoms with Gasteiger partial charge in [-0.3, -0.25) is 4.68 Å². The van der Waals surface area contributed by atoms with Crippen molar-refractivity contribution in [2.75, 3.05) is 20.1 Å². The second-order valence-corrected chi connectivity index (χ2v) is 4.38. The number of hydrogen-bond donors (Lipinski definition) is 1. The van der Waals surface area contributed by atoms with E-state index in [1.165, 1.54) is 5.69 Å². The van der Waals surface area contributed by atoms with Crippen LogP contribution in [0.5, 0.6) is 0 Å². The van der Waals surface area contributed by atoms with Gasteiger partial charge in [0.1, 0.15) is 0 Å². The van der Waals surface area contributed by atoms with Gasteiger partial charge in [0.2, 0.25) is 0 Å². The van der Waals surface area contributed by atoms with E-state index in [1.54, 1.807) is 0 Å². The second-order valence-electron chi connectivity index (χ2n) is 4.38. The predicted molar refractivity (Wildman–Crippen MR) is 67.3 cm³/mol. The fourth-order valence-corrected chi connectivity index (χ4v) is 1.85. The van der Waals surface area contributed by atoms with Gasteiger partial charge >= 0.3 is 0 Å². The van der Waals surface area contributed by atoms with E-state index < -0.39 is 0 Å². The van der Waals surface area contributed by atoms with Crippen molar-refractivity contribution in [3.8, 4) is 0 Å². The van der Waals surface area contributed by atoms with E-state index in [2.05, 4.69) is 41.6 Å². The normalized spacial score (nSPS) is 11.3. The zero-order valence-electron chi connectivity index (χ0n) is 10.7. The summed E-state index contributed by atoms with van der Waals surface area (Å²) in [6.45, 7) is 8.01. The molecule has 0 unspecified atom stereocenters. The summed E-state index contributed by atoms with van der Waals surface area (Å²) in [5, 5.41) is 4.50. The van der Waals surface area contributed by atoms with E-state index in [1.807, 2.05) is 0 Å². The van der Waals surface area contributed by atoms with Crippen molar-refractivity contribution in [1.82, 2.24) is 14.7 Å². The summed E-state index contributed by atoms with van der Waals surface area (Å²) in [4.78, 5) is 2.30. The molecule has 0 aliphatic rings. The Hall–Kier alpha value is -0.870. The first-order chi connectivity index (χ1) is 7.67. The zero-order valence-corrected chi connectivity index (χ0v) is 10.7. The molecule has 1 heterocycles. The van der Waals surface area contributed by atoms with Crippen LogP contribution in [0.4, 0.5) is 0 Å². The number of nitrogens with two attached hydrogens (primary N) is 1. The molecule has 0 radical (unpaired) electrons. The molecule has 4 nitrogen and oxygen atoms in total. The minimum atomic E-state index is 0.761. The molecule has 0 bridgehead atoms. The van der Waals surface area contributed by atoms with E-state index in [9.17, 15) is 0 Å². The van der Waals surface area contributed by atoms with E-state index in [-0.39, 0.29) is 0 Å². The topological polar surface area (TPSA) is 47.1 Å². The molecule has 16 heavy (non-hydrogen) atoms. The van der Waals surface area contributed by atoms with E-state index in [4.69, 9.17) is 5.73 Å². The third-order valence-corrected chi connectivity index (χ3v) is 2.60. The SMILES string of the molecule is CCCn1nc(C)cc1CN(C)CCCN. The van der Waals surface area contributed by atoms with Gasteiger partial charge in [0.05, 0.1) is 11.4 Å². The van der Waals surface area contributed by atoms with Gasteiger partial charge in [-0.05, 0) is 46.0 Å². The van der Waals surface area contributed by atoms with Crippen LogP contribution in [0.15, 0.2) is 6.07 Å². The molecule has 0 aliphatic carbocycles. The number of hydrogen-bond acceptors (Lipinski definition) is 3. The maximum Gasteiger partial charge on any atom is 0.0597 e. The Kier molecular flexibility index (Phi) is 5.49. The van der Waals surface area contributed by atoms with Crippen molar-refractivity contribution >= 4 is 0 Å². The minimum Gasteiger partial charge on any atom is -0.330 e. The van der Waals surface area contributed by atoms with Gasteiger partial charge in [-0.2, -0.15) is 5.10 Å². The number of aromatic nitrogens is 2. The molecule has 2 N–H and O–H groups in total. The molecule has 0 amide bonds. The van der Waals surface area contributed by atoms with Gasteiger partial charge in [-0.15, -0.1) is 0 Å². The van der Waals surface area contributed by atoms with Crippen molar-refractivity contribution in [3.63, 3.8) is 0 Å². The fraction of sp³-hybridized carbons (Fsp3) is 0.750. The maximum absolute atomic E-state index is 5.51. The summed E-state index contributed by atoms with van der Waals surface area (Å²) in [5.41, 5.74) is 7.92. The Balaban J connectivity index is 2.57. The van der Waals surface area contributed by atoms with Crippen LogP contribution in [0.2, 0.25) is 0 Å². The highest BCUT2D eigenvalue weighted by molar-refractivity contribution is 5.08. The monoisotopic (exact) mass is 224 g/mol. The van der Waals surface area contributed by atoms with Crippen LogP contribution in [0.25, 0.3) is 0 Å². The fourth-order valence-electron chi connectivity index (χ4n) is 1.85. The lowest BCUT2D eigenvalue weighted by molar-refractivity contribution is 0.311. The molecule has 1 aromatic rings. The molecule has 92 valence electrons. The molecule has 0 fully saturated rings. The minimum absolute atomic E-state index is 0.761. The molecule has 4 heteroatoms. The molecular formula is C12H24N4. The lowest BCUT2D eigenvalue weighted by Gasteiger charge is -2.16. The van der Waals surface area contributed by atoms with E-state index in [0.29, 0.717) is 0 Å². The Bertz CT molecular complexity index is 306. The zero-order chi connectivity index (χ0) is 12.0. The lowest BCUT2D eigenvalue weighted by atomic mass is 10.3. The molecule has 0 atom stereocenters. The van der Waals surface area contributed by atoms with Crippen molar-refractivity contribution in [3.05, 3.63) is 17.5 Å². The van der Waals surface area contributed by atoms with E-state index >= 15 is 0 Å². The smallest absolute Gasteiger partial charge is 0.0597 e. The summed E-state index contributed by atoms with van der Waals surface area (Å²) < 4.78 is 2.12. The number of aryl methyl sites for hydroxylation is 2. The second kappa shape index (κ2) is 6.66. The standard InChI is InChI=1S/C12H24N4/c1-4-7-16-12(9-11(2)14-16)10-15(3)8-5-6-13/h9H,4-8,10,13H2,1-3H3. The Labute approximate surface area is 98.4 Å². The first-order valence-electron chi connectivity index (χ1n) is 6.09. The van der Waals surface area contributed by atoms with Gasteiger partial charge in [0, 0.05) is 13.1 Å². The third kappa shape index (κ3) is 3.94. The number of rotatable bonds is 7. The van der Waals surface area contributed by atoms with Crippen LogP contribution >= 0.6 is 0 Å². The Morgan fingerprint density at radius 3 is 2.88 bits per heavy atom. The average Bonchev–Trinajstić information content (AvgIpc) is 2.56. The largest absolute Gasteiger partial charge is 0.330 e. The molecule has 0 saturated heterocycles. The van der Waals surface area contributed by atoms with Crippen LogP contribution in [0.1, 0.15) is 31.2 Å². The highest BCUT2D eigenvalue weighted by Gasteiger charge is 2.07. The Morgan fingerprint density at radius 1 is 1.50 bits per heavy atom. The quantitative estimate of drug-likeness (QED) is 0.761. The van der Waals surface area contributed by atoms with Gasteiger partial charge in [-0.25, -0.2) is 0 Å². The summed E-state index contributed by atoms with van der Waals surface area (Å²) in [7, 11) is 2.13. The summed E-state index contributed by atoms with van der Waals surface area (Å²) in [5.74, 6) is 0. The maximum atomic E-state index is 5.51. The average molecular weight is 224 g/mol. The summed E-state index contributed by atoms with van der Waals surface area (Å²) in [6, 6.07) is 2.18. The lowest BCUT2D eigenvalue weighted by Crippen LogP contribution is -2.23. The van der Waals surface area contributed by atoms with Crippen LogP contribution in [-0.4, -0.2) is 34.8 Å². The summed E-state index contributed by atoms with van der Waals surface area (Å²) in [6.07, 6.45) is 2.18. The van der Waals surface area contributed by atoms with Gasteiger partial charge in [0.15, 0.2) is 0 Å². The highest BCUT2D eigenvalue weighted by atomic mass is 15.3. The van der Waals surface area contributed by atoms with E-state index in [0.717, 1.165) is 44.7 Å². The van der Waals surface area contributed by atoms with Crippen LogP contribution in [0.3, 0.4) is 0 Å². The van der Waals surface area contributed by atoms with Crippen molar-refractivity contribution in [1.29, 1.82) is 0 Å². The third-order valence-electron chi connectivity index (χ3n) is 2.60. The van der Waals surface area contributed by atoms with Crippen LogP contribution in [-0.2, 0) is 13.1 Å². The molecule has 0 aromatic carbocycles.